The molecule has 1 heterocycles. The smallest absolute Gasteiger partial charge is 0.322 e. The largest absolute Gasteiger partial charge is 0.468 e. The highest BCUT2D eigenvalue weighted by Gasteiger charge is 2.13. The van der Waals surface area contributed by atoms with E-state index in [0.717, 1.165) is 13.1 Å². The summed E-state index contributed by atoms with van der Waals surface area (Å²) in [5.41, 5.74) is 2.47. The molecule has 0 saturated carbocycles. The number of esters is 1. The molecule has 1 unspecified atom stereocenters. The Hall–Kier alpha value is -1.55. The molecular weight excluding hydrogens is 240 g/mol. The van der Waals surface area contributed by atoms with Gasteiger partial charge in [-0.3, -0.25) is 4.79 Å². The van der Waals surface area contributed by atoms with Gasteiger partial charge in [0.1, 0.15) is 6.04 Å². The van der Waals surface area contributed by atoms with Gasteiger partial charge < -0.3 is 15.0 Å². The molecule has 104 valence electrons. The van der Waals surface area contributed by atoms with Gasteiger partial charge in [0.2, 0.25) is 0 Å². The summed E-state index contributed by atoms with van der Waals surface area (Å²) in [5, 5.41) is 3.15. The SMILES string of the molecule is COC(=O)C(C)NCc1ccc(N2CCCC2)cc1. The topological polar surface area (TPSA) is 41.6 Å². The van der Waals surface area contributed by atoms with Crippen LogP contribution in [-0.2, 0) is 16.1 Å². The maximum atomic E-state index is 11.3. The van der Waals surface area contributed by atoms with Crippen molar-refractivity contribution in [1.82, 2.24) is 5.32 Å². The van der Waals surface area contributed by atoms with E-state index in [9.17, 15) is 4.79 Å². The number of hydrogen-bond acceptors (Lipinski definition) is 4. The third-order valence-electron chi connectivity index (χ3n) is 3.57. The third kappa shape index (κ3) is 3.70. The lowest BCUT2D eigenvalue weighted by Gasteiger charge is -2.18. The maximum Gasteiger partial charge on any atom is 0.322 e. The van der Waals surface area contributed by atoms with Crippen molar-refractivity contribution in [3.8, 4) is 0 Å². The summed E-state index contributed by atoms with van der Waals surface area (Å²) in [7, 11) is 1.41. The van der Waals surface area contributed by atoms with Crippen LogP contribution in [0.25, 0.3) is 0 Å². The van der Waals surface area contributed by atoms with Crippen LogP contribution in [0.5, 0.6) is 0 Å². The van der Waals surface area contributed by atoms with Crippen molar-refractivity contribution in [1.29, 1.82) is 0 Å². The van der Waals surface area contributed by atoms with Gasteiger partial charge in [0, 0.05) is 25.3 Å². The average molecular weight is 262 g/mol. The zero-order valence-electron chi connectivity index (χ0n) is 11.7. The van der Waals surface area contributed by atoms with Gasteiger partial charge in [0.15, 0.2) is 0 Å². The van der Waals surface area contributed by atoms with Crippen LogP contribution >= 0.6 is 0 Å². The maximum absolute atomic E-state index is 11.3. The lowest BCUT2D eigenvalue weighted by atomic mass is 10.2. The van der Waals surface area contributed by atoms with E-state index in [1.807, 2.05) is 6.92 Å². The molecule has 19 heavy (non-hydrogen) atoms. The lowest BCUT2D eigenvalue weighted by Crippen LogP contribution is -2.34. The van der Waals surface area contributed by atoms with E-state index in [2.05, 4.69) is 39.2 Å². The van der Waals surface area contributed by atoms with Crippen LogP contribution in [0, 0.1) is 0 Å². The molecule has 1 aromatic carbocycles. The highest BCUT2D eigenvalue weighted by atomic mass is 16.5. The van der Waals surface area contributed by atoms with Gasteiger partial charge in [0.25, 0.3) is 0 Å². The standard InChI is InChI=1S/C15H22N2O2/c1-12(15(18)19-2)16-11-13-5-7-14(8-6-13)17-9-3-4-10-17/h5-8,12,16H,3-4,9-11H2,1-2H3. The van der Waals surface area contributed by atoms with Crippen LogP contribution < -0.4 is 10.2 Å². The van der Waals surface area contributed by atoms with Crippen molar-refractivity contribution in [3.05, 3.63) is 29.8 Å². The number of nitrogens with one attached hydrogen (secondary N) is 1. The van der Waals surface area contributed by atoms with E-state index in [-0.39, 0.29) is 12.0 Å². The first-order valence-corrected chi connectivity index (χ1v) is 6.86. The number of nitrogens with zero attached hydrogens (tertiary/aromatic N) is 1. The monoisotopic (exact) mass is 262 g/mol. The van der Waals surface area contributed by atoms with Gasteiger partial charge in [-0.1, -0.05) is 12.1 Å². The molecule has 0 bridgehead atoms. The molecule has 1 aromatic rings. The summed E-state index contributed by atoms with van der Waals surface area (Å²) < 4.78 is 4.68. The third-order valence-corrected chi connectivity index (χ3v) is 3.57. The van der Waals surface area contributed by atoms with Crippen molar-refractivity contribution in [2.45, 2.75) is 32.4 Å². The fourth-order valence-corrected chi connectivity index (χ4v) is 2.33. The van der Waals surface area contributed by atoms with Crippen molar-refractivity contribution in [3.63, 3.8) is 0 Å². The van der Waals surface area contributed by atoms with Crippen LogP contribution in [0.15, 0.2) is 24.3 Å². The van der Waals surface area contributed by atoms with Crippen LogP contribution in [0.1, 0.15) is 25.3 Å². The molecule has 0 amide bonds. The molecule has 0 radical (unpaired) electrons. The van der Waals surface area contributed by atoms with Crippen molar-refractivity contribution in [2.75, 3.05) is 25.1 Å². The number of carbonyl (C=O) groups excluding carboxylic acids is 1. The van der Waals surface area contributed by atoms with E-state index in [1.54, 1.807) is 0 Å². The van der Waals surface area contributed by atoms with Crippen molar-refractivity contribution < 1.29 is 9.53 Å². The number of hydrogen-bond donors (Lipinski definition) is 1. The van der Waals surface area contributed by atoms with Gasteiger partial charge in [-0.05, 0) is 37.5 Å². The zero-order chi connectivity index (χ0) is 13.7. The lowest BCUT2D eigenvalue weighted by molar-refractivity contribution is -0.142. The van der Waals surface area contributed by atoms with E-state index >= 15 is 0 Å². The Morgan fingerprint density at radius 3 is 2.53 bits per heavy atom. The summed E-state index contributed by atoms with van der Waals surface area (Å²) in [5.74, 6) is -0.228. The van der Waals surface area contributed by atoms with E-state index < -0.39 is 0 Å². The van der Waals surface area contributed by atoms with E-state index in [1.165, 1.54) is 31.2 Å². The number of benzene rings is 1. The Bertz CT molecular complexity index is 411. The molecule has 1 fully saturated rings. The van der Waals surface area contributed by atoms with E-state index in [4.69, 9.17) is 0 Å². The molecule has 4 heteroatoms. The quantitative estimate of drug-likeness (QED) is 0.823. The first-order chi connectivity index (χ1) is 9.20. The minimum Gasteiger partial charge on any atom is -0.468 e. The zero-order valence-corrected chi connectivity index (χ0v) is 11.7. The number of methoxy groups -OCH3 is 1. The first kappa shape index (κ1) is 13.9. The normalized spacial score (nSPS) is 16.4. The molecule has 2 rings (SSSR count). The highest BCUT2D eigenvalue weighted by molar-refractivity contribution is 5.75. The molecule has 1 N–H and O–H groups in total. The summed E-state index contributed by atoms with van der Waals surface area (Å²) in [6, 6.07) is 8.27. The van der Waals surface area contributed by atoms with Crippen LogP contribution in [0.3, 0.4) is 0 Å². The Labute approximate surface area is 114 Å². The second kappa shape index (κ2) is 6.57. The molecule has 1 atom stereocenters. The summed E-state index contributed by atoms with van der Waals surface area (Å²) in [4.78, 5) is 13.7. The van der Waals surface area contributed by atoms with Gasteiger partial charge in [-0.15, -0.1) is 0 Å². The number of carbonyl (C=O) groups is 1. The Morgan fingerprint density at radius 1 is 1.32 bits per heavy atom. The molecule has 0 spiro atoms. The molecule has 1 aliphatic heterocycles. The highest BCUT2D eigenvalue weighted by Crippen LogP contribution is 2.20. The van der Waals surface area contributed by atoms with Crippen molar-refractivity contribution in [2.24, 2.45) is 0 Å². The number of ether oxygens (including phenoxy) is 1. The van der Waals surface area contributed by atoms with Gasteiger partial charge in [0.05, 0.1) is 7.11 Å². The number of rotatable bonds is 5. The Kier molecular flexibility index (Phi) is 4.80. The number of anilines is 1. The van der Waals surface area contributed by atoms with Crippen LogP contribution in [0.2, 0.25) is 0 Å². The molecular formula is C15H22N2O2. The predicted octanol–water partition coefficient (Wildman–Crippen LogP) is 1.94. The fourth-order valence-electron chi connectivity index (χ4n) is 2.33. The Balaban J connectivity index is 1.86. The van der Waals surface area contributed by atoms with Gasteiger partial charge in [-0.25, -0.2) is 0 Å². The molecule has 0 aliphatic carbocycles. The fraction of sp³-hybridized carbons (Fsp3) is 0.533. The minimum atomic E-state index is -0.275. The molecule has 0 aromatic heterocycles. The molecule has 4 nitrogen and oxygen atoms in total. The predicted molar refractivity (Wildman–Crippen MR) is 76.2 cm³/mol. The summed E-state index contributed by atoms with van der Waals surface area (Å²) >= 11 is 0. The van der Waals surface area contributed by atoms with Crippen molar-refractivity contribution >= 4 is 11.7 Å². The van der Waals surface area contributed by atoms with Gasteiger partial charge in [-0.2, -0.15) is 0 Å². The summed E-state index contributed by atoms with van der Waals surface area (Å²) in [6.07, 6.45) is 2.58. The average Bonchev–Trinajstić information content (AvgIpc) is 2.98. The second-order valence-corrected chi connectivity index (χ2v) is 4.99. The minimum absolute atomic E-state index is 0.228. The van der Waals surface area contributed by atoms with Crippen LogP contribution in [0.4, 0.5) is 5.69 Å². The first-order valence-electron chi connectivity index (χ1n) is 6.86. The van der Waals surface area contributed by atoms with Gasteiger partial charge >= 0.3 is 5.97 Å². The van der Waals surface area contributed by atoms with E-state index in [0.29, 0.717) is 6.54 Å². The Morgan fingerprint density at radius 2 is 1.95 bits per heavy atom. The second-order valence-electron chi connectivity index (χ2n) is 4.99. The molecule has 1 aliphatic rings. The van der Waals surface area contributed by atoms with Crippen LogP contribution in [-0.4, -0.2) is 32.2 Å². The molecule has 1 saturated heterocycles. The summed E-state index contributed by atoms with van der Waals surface area (Å²) in [6.45, 7) is 4.81.